The van der Waals surface area contributed by atoms with Gasteiger partial charge in [-0.25, -0.2) is 4.98 Å². The maximum absolute atomic E-state index is 12.3. The van der Waals surface area contributed by atoms with Gasteiger partial charge in [0.25, 0.3) is 5.91 Å². The number of carbonyl (C=O) groups is 1. The Morgan fingerprint density at radius 3 is 2.92 bits per heavy atom. The van der Waals surface area contributed by atoms with Crippen molar-refractivity contribution in [2.75, 3.05) is 13.7 Å². The fourth-order valence-electron chi connectivity index (χ4n) is 2.80. The molecule has 3 rings (SSSR count). The number of carbonyl (C=O) groups excluding carboxylic acids is 1. The summed E-state index contributed by atoms with van der Waals surface area (Å²) in [4.78, 5) is 16.9. The lowest BCUT2D eigenvalue weighted by Crippen LogP contribution is -2.26. The van der Waals surface area contributed by atoms with E-state index in [1.54, 1.807) is 25.3 Å². The van der Waals surface area contributed by atoms with Gasteiger partial charge in [0.2, 0.25) is 0 Å². The first kappa shape index (κ1) is 16.8. The lowest BCUT2D eigenvalue weighted by atomic mass is 10.2. The van der Waals surface area contributed by atoms with Crippen LogP contribution in [0.5, 0.6) is 5.75 Å². The molecule has 5 heteroatoms. The van der Waals surface area contributed by atoms with Gasteiger partial charge < -0.3 is 14.6 Å². The molecule has 0 atom stereocenters. The number of rotatable bonds is 7. The van der Waals surface area contributed by atoms with Gasteiger partial charge in [-0.1, -0.05) is 24.3 Å². The molecule has 0 spiro atoms. The number of para-hydroxylation sites is 2. The molecule has 1 heterocycles. The van der Waals surface area contributed by atoms with Gasteiger partial charge in [-0.3, -0.25) is 4.79 Å². The summed E-state index contributed by atoms with van der Waals surface area (Å²) in [6.07, 6.45) is 2.50. The summed E-state index contributed by atoms with van der Waals surface area (Å²) in [6.45, 7) is 5.02. The van der Waals surface area contributed by atoms with Crippen molar-refractivity contribution in [1.82, 2.24) is 14.9 Å². The molecule has 0 aliphatic rings. The minimum absolute atomic E-state index is 0.120. The fourth-order valence-corrected chi connectivity index (χ4v) is 2.80. The van der Waals surface area contributed by atoms with Crippen molar-refractivity contribution in [2.24, 2.45) is 0 Å². The monoisotopic (exact) mass is 335 g/mol. The van der Waals surface area contributed by atoms with E-state index in [0.29, 0.717) is 30.8 Å². The number of methoxy groups -OCH3 is 1. The Hall–Kier alpha value is -3.08. The Morgan fingerprint density at radius 2 is 2.12 bits per heavy atom. The molecule has 1 amide bonds. The lowest BCUT2D eigenvalue weighted by Gasteiger charge is -2.08. The predicted octanol–water partition coefficient (Wildman–Crippen LogP) is 3.20. The number of fused-ring (bicyclic) bond motifs is 1. The molecule has 0 fully saturated rings. The van der Waals surface area contributed by atoms with Gasteiger partial charge >= 0.3 is 0 Å². The Kier molecular flexibility index (Phi) is 5.14. The normalized spacial score (nSPS) is 10.6. The number of amides is 1. The summed E-state index contributed by atoms with van der Waals surface area (Å²) < 4.78 is 7.28. The molecule has 0 bridgehead atoms. The molecule has 0 aliphatic heterocycles. The van der Waals surface area contributed by atoms with Gasteiger partial charge in [0.05, 0.1) is 18.1 Å². The summed E-state index contributed by atoms with van der Waals surface area (Å²) >= 11 is 0. The summed E-state index contributed by atoms with van der Waals surface area (Å²) in [5.74, 6) is 1.48. The van der Waals surface area contributed by atoms with Crippen molar-refractivity contribution < 1.29 is 9.53 Å². The Morgan fingerprint density at radius 1 is 1.28 bits per heavy atom. The highest BCUT2D eigenvalue weighted by Crippen LogP contribution is 2.16. The van der Waals surface area contributed by atoms with E-state index in [9.17, 15) is 4.79 Å². The molecular weight excluding hydrogens is 314 g/mol. The summed E-state index contributed by atoms with van der Waals surface area (Å²) in [7, 11) is 1.58. The molecular formula is C20H21N3O2. The average molecular weight is 335 g/mol. The van der Waals surface area contributed by atoms with Crippen LogP contribution in [0.15, 0.2) is 61.2 Å². The summed E-state index contributed by atoms with van der Waals surface area (Å²) in [5.41, 5.74) is 2.62. The number of aromatic nitrogens is 2. The van der Waals surface area contributed by atoms with Crippen LogP contribution in [-0.2, 0) is 13.0 Å². The SMILES string of the molecule is C=CCn1c(CCNC(=O)c2cccc(OC)c2)nc2ccccc21. The molecule has 2 aromatic carbocycles. The zero-order valence-corrected chi connectivity index (χ0v) is 14.2. The van der Waals surface area contributed by atoms with Crippen molar-refractivity contribution in [3.8, 4) is 5.75 Å². The summed E-state index contributed by atoms with van der Waals surface area (Å²) in [5, 5.41) is 2.94. The van der Waals surface area contributed by atoms with Crippen molar-refractivity contribution >= 4 is 16.9 Å². The maximum atomic E-state index is 12.3. The van der Waals surface area contributed by atoms with E-state index in [0.717, 1.165) is 16.9 Å². The first-order valence-corrected chi connectivity index (χ1v) is 8.20. The number of ether oxygens (including phenoxy) is 1. The van der Waals surface area contributed by atoms with Crippen LogP contribution in [0.2, 0.25) is 0 Å². The van der Waals surface area contributed by atoms with Crippen LogP contribution < -0.4 is 10.1 Å². The van der Waals surface area contributed by atoms with Crippen molar-refractivity contribution in [2.45, 2.75) is 13.0 Å². The standard InChI is InChI=1S/C20H21N3O2/c1-3-13-23-18-10-5-4-9-17(18)22-19(23)11-12-21-20(24)15-7-6-8-16(14-15)25-2/h3-10,14H,1,11-13H2,2H3,(H,21,24). The predicted molar refractivity (Wildman–Crippen MR) is 99.0 cm³/mol. The number of benzene rings is 2. The summed E-state index contributed by atoms with van der Waals surface area (Å²) in [6, 6.07) is 15.1. The highest BCUT2D eigenvalue weighted by atomic mass is 16.5. The van der Waals surface area contributed by atoms with Gasteiger partial charge in [-0.2, -0.15) is 0 Å². The Bertz CT molecular complexity index is 899. The maximum Gasteiger partial charge on any atom is 0.251 e. The van der Waals surface area contributed by atoms with Crippen LogP contribution in [0.1, 0.15) is 16.2 Å². The van der Waals surface area contributed by atoms with E-state index in [2.05, 4.69) is 21.4 Å². The van der Waals surface area contributed by atoms with E-state index in [1.807, 2.05) is 36.4 Å². The largest absolute Gasteiger partial charge is 0.497 e. The highest BCUT2D eigenvalue weighted by molar-refractivity contribution is 5.94. The Labute approximate surface area is 146 Å². The molecule has 1 aromatic heterocycles. The van der Waals surface area contributed by atoms with Crippen molar-refractivity contribution in [3.63, 3.8) is 0 Å². The third-order valence-corrected chi connectivity index (χ3v) is 4.01. The van der Waals surface area contributed by atoms with Gasteiger partial charge in [0.15, 0.2) is 0 Å². The third-order valence-electron chi connectivity index (χ3n) is 4.01. The highest BCUT2D eigenvalue weighted by Gasteiger charge is 2.11. The second kappa shape index (κ2) is 7.66. The van der Waals surface area contributed by atoms with E-state index in [-0.39, 0.29) is 5.91 Å². The molecule has 128 valence electrons. The van der Waals surface area contributed by atoms with E-state index in [1.165, 1.54) is 0 Å². The average Bonchev–Trinajstić information content (AvgIpc) is 3.00. The quantitative estimate of drug-likeness (QED) is 0.675. The van der Waals surface area contributed by atoms with E-state index < -0.39 is 0 Å². The first-order chi connectivity index (χ1) is 12.2. The van der Waals surface area contributed by atoms with E-state index in [4.69, 9.17) is 4.74 Å². The molecule has 0 radical (unpaired) electrons. The molecule has 1 N–H and O–H groups in total. The molecule has 0 aliphatic carbocycles. The molecule has 5 nitrogen and oxygen atoms in total. The fraction of sp³-hybridized carbons (Fsp3) is 0.200. The van der Waals surface area contributed by atoms with Crippen LogP contribution in [0.4, 0.5) is 0 Å². The van der Waals surface area contributed by atoms with Gasteiger partial charge in [0.1, 0.15) is 11.6 Å². The van der Waals surface area contributed by atoms with Gasteiger partial charge in [-0.05, 0) is 30.3 Å². The van der Waals surface area contributed by atoms with Crippen LogP contribution in [-0.4, -0.2) is 29.1 Å². The topological polar surface area (TPSA) is 56.2 Å². The first-order valence-electron chi connectivity index (χ1n) is 8.20. The third kappa shape index (κ3) is 3.71. The number of hydrogen-bond donors (Lipinski definition) is 1. The van der Waals surface area contributed by atoms with Crippen LogP contribution in [0, 0.1) is 0 Å². The number of allylic oxidation sites excluding steroid dienone is 1. The lowest BCUT2D eigenvalue weighted by molar-refractivity contribution is 0.0953. The van der Waals surface area contributed by atoms with Crippen molar-refractivity contribution in [1.29, 1.82) is 0 Å². The number of hydrogen-bond acceptors (Lipinski definition) is 3. The second-order valence-electron chi connectivity index (χ2n) is 5.65. The van der Waals surface area contributed by atoms with Crippen LogP contribution in [0.25, 0.3) is 11.0 Å². The second-order valence-corrected chi connectivity index (χ2v) is 5.65. The van der Waals surface area contributed by atoms with Gasteiger partial charge in [0, 0.05) is 25.1 Å². The number of nitrogens with zero attached hydrogens (tertiary/aromatic N) is 2. The van der Waals surface area contributed by atoms with E-state index >= 15 is 0 Å². The van der Waals surface area contributed by atoms with Crippen LogP contribution in [0.3, 0.4) is 0 Å². The Balaban J connectivity index is 1.69. The molecule has 0 unspecified atom stereocenters. The minimum Gasteiger partial charge on any atom is -0.497 e. The minimum atomic E-state index is -0.120. The molecule has 0 saturated carbocycles. The molecule has 25 heavy (non-hydrogen) atoms. The van der Waals surface area contributed by atoms with Crippen LogP contribution >= 0.6 is 0 Å². The number of nitrogens with one attached hydrogen (secondary N) is 1. The zero-order valence-electron chi connectivity index (χ0n) is 14.2. The van der Waals surface area contributed by atoms with Crippen molar-refractivity contribution in [3.05, 3.63) is 72.6 Å². The zero-order chi connectivity index (χ0) is 17.6. The molecule has 3 aromatic rings. The number of imidazole rings is 1. The van der Waals surface area contributed by atoms with Gasteiger partial charge in [-0.15, -0.1) is 6.58 Å². The molecule has 0 saturated heterocycles. The smallest absolute Gasteiger partial charge is 0.251 e.